The fourth-order valence-corrected chi connectivity index (χ4v) is 9.80. The molecular weight excluding hydrogens is 1090 g/mol. The minimum Gasteiger partial charge on any atom is -0.508 e. The van der Waals surface area contributed by atoms with E-state index in [1.807, 2.05) is 13.8 Å². The SMILES string of the molecule is CN[C@@H](CC(C)C)C(=O)NC1C(=O)N[C@@H](CC(N)=O)C(=O)NC2C(=O)NC3C(=O)NC(C(=O)N[C@@H](C(=O)O)c4cc(O)cc(O)c4-c4cc3ccc4O)C(O)c3ccc(c(Cl)c3)Oc3cc2cc(c3O)Oc2ccc(cc2Cl)C1O. The molecule has 9 atom stereocenters. The summed E-state index contributed by atoms with van der Waals surface area (Å²) >= 11 is 13.5. The number of likely N-dealkylation sites (N-methyl/N-ethyl adjacent to an activating group) is 1. The Labute approximate surface area is 463 Å². The van der Waals surface area contributed by atoms with Gasteiger partial charge in [-0.05, 0) is 96.2 Å². The third kappa shape index (κ3) is 11.9. The lowest BCUT2D eigenvalue weighted by Crippen LogP contribution is -2.59. The van der Waals surface area contributed by atoms with E-state index in [1.165, 1.54) is 37.4 Å². The molecule has 10 rings (SSSR count). The number of fused-ring (bicyclic) bond motifs is 15. The third-order valence-corrected chi connectivity index (χ3v) is 13.9. The van der Waals surface area contributed by atoms with E-state index in [0.717, 1.165) is 48.5 Å². The maximum atomic E-state index is 15.4. The molecule has 0 fully saturated rings. The molecule has 420 valence electrons. The predicted molar refractivity (Wildman–Crippen MR) is 280 cm³/mol. The lowest BCUT2D eigenvalue weighted by molar-refractivity contribution is -0.143. The van der Waals surface area contributed by atoms with E-state index in [0.29, 0.717) is 0 Å². The van der Waals surface area contributed by atoms with E-state index in [1.54, 1.807) is 0 Å². The molecule has 6 unspecified atom stereocenters. The Bertz CT molecular complexity index is 3380. The van der Waals surface area contributed by atoms with Crippen LogP contribution < -0.4 is 52.4 Å². The van der Waals surface area contributed by atoms with E-state index >= 15 is 4.79 Å². The highest BCUT2D eigenvalue weighted by atomic mass is 35.5. The highest BCUT2D eigenvalue weighted by Crippen LogP contribution is 2.47. The van der Waals surface area contributed by atoms with Crippen molar-refractivity contribution in [3.05, 3.63) is 117 Å². The van der Waals surface area contributed by atoms with Gasteiger partial charge in [0.05, 0.1) is 22.5 Å². The monoisotopic (exact) mass is 1140 g/mol. The van der Waals surface area contributed by atoms with Crippen LogP contribution >= 0.6 is 23.2 Å². The van der Waals surface area contributed by atoms with Crippen molar-refractivity contribution in [3.63, 3.8) is 0 Å². The Balaban J connectivity index is 1.36. The smallest absolute Gasteiger partial charge is 0.330 e. The van der Waals surface area contributed by atoms with Crippen LogP contribution in [0.3, 0.4) is 0 Å². The van der Waals surface area contributed by atoms with Gasteiger partial charge in [-0.25, -0.2) is 4.79 Å². The molecule has 0 saturated heterocycles. The zero-order valence-electron chi connectivity index (χ0n) is 42.2. The van der Waals surface area contributed by atoms with Crippen LogP contribution in [0.1, 0.15) is 84.8 Å². The van der Waals surface area contributed by atoms with E-state index < -0.39 is 159 Å². The molecule has 5 heterocycles. The summed E-state index contributed by atoms with van der Waals surface area (Å²) < 4.78 is 12.2. The number of hydrogen-bond donors (Lipinski definition) is 15. The number of aliphatic carboxylic acids is 1. The number of carboxylic acids is 1. The first kappa shape index (κ1) is 57.3. The highest BCUT2D eigenvalue weighted by molar-refractivity contribution is 6.32. The van der Waals surface area contributed by atoms with E-state index in [2.05, 4.69) is 37.2 Å². The first-order chi connectivity index (χ1) is 37.8. The number of carboxylic acid groups (broad SMARTS) is 1. The van der Waals surface area contributed by atoms with Crippen molar-refractivity contribution in [2.75, 3.05) is 7.05 Å². The average molecular weight is 1140 g/mol. The maximum absolute atomic E-state index is 15.4. The van der Waals surface area contributed by atoms with Gasteiger partial charge in [0.25, 0.3) is 0 Å². The van der Waals surface area contributed by atoms with Crippen molar-refractivity contribution in [1.82, 2.24) is 37.2 Å². The Morgan fingerprint density at radius 2 is 1.23 bits per heavy atom. The van der Waals surface area contributed by atoms with E-state index in [-0.39, 0.29) is 56.1 Å². The Hall–Kier alpha value is -8.88. The number of primary amides is 1. The molecule has 0 spiro atoms. The molecule has 5 aromatic rings. The number of hydrogen-bond acceptors (Lipinski definition) is 17. The van der Waals surface area contributed by atoms with Crippen LogP contribution in [0.25, 0.3) is 11.1 Å². The molecule has 5 aliphatic heterocycles. The Morgan fingerprint density at radius 3 is 1.80 bits per heavy atom. The van der Waals surface area contributed by atoms with Crippen molar-refractivity contribution in [1.29, 1.82) is 0 Å². The van der Waals surface area contributed by atoms with E-state index in [9.17, 15) is 69.3 Å². The van der Waals surface area contributed by atoms with Crippen LogP contribution in [0.2, 0.25) is 10.0 Å². The number of phenols is 4. The molecule has 5 aromatic carbocycles. The largest absolute Gasteiger partial charge is 0.508 e. The number of nitrogens with two attached hydrogens (primary N) is 1. The van der Waals surface area contributed by atoms with Crippen molar-refractivity contribution < 1.29 is 83.6 Å². The summed E-state index contributed by atoms with van der Waals surface area (Å²) in [5.74, 6) is -15.0. The summed E-state index contributed by atoms with van der Waals surface area (Å²) in [5, 5.41) is 96.1. The average Bonchev–Trinajstić information content (AvgIpc) is 3.39. The summed E-state index contributed by atoms with van der Waals surface area (Å²) in [6.07, 6.45) is -4.77. The Kier molecular flexibility index (Phi) is 16.6. The lowest BCUT2D eigenvalue weighted by Gasteiger charge is -2.31. The van der Waals surface area contributed by atoms with Gasteiger partial charge >= 0.3 is 5.97 Å². The number of aromatic hydroxyl groups is 4. The molecule has 5 aliphatic rings. The second-order valence-electron chi connectivity index (χ2n) is 19.4. The van der Waals surface area contributed by atoms with Gasteiger partial charge in [-0.15, -0.1) is 0 Å². The number of halogens is 2. The zero-order chi connectivity index (χ0) is 58.2. The molecule has 0 saturated carbocycles. The first-order valence-electron chi connectivity index (χ1n) is 24.4. The zero-order valence-corrected chi connectivity index (χ0v) is 43.8. The van der Waals surface area contributed by atoms with Gasteiger partial charge in [-0.1, -0.05) is 55.2 Å². The predicted octanol–water partition coefficient (Wildman–Crippen LogP) is 2.40. The molecule has 25 nitrogen and oxygen atoms in total. The molecular formula is C53H52Cl2N8O17. The van der Waals surface area contributed by atoms with Crippen LogP contribution in [-0.4, -0.2) is 114 Å². The fourth-order valence-electron chi connectivity index (χ4n) is 9.34. The van der Waals surface area contributed by atoms with Gasteiger partial charge in [-0.2, -0.15) is 0 Å². The van der Waals surface area contributed by atoms with Crippen molar-refractivity contribution in [2.24, 2.45) is 11.7 Å². The van der Waals surface area contributed by atoms with Crippen molar-refractivity contribution in [2.45, 2.75) is 81.2 Å². The van der Waals surface area contributed by atoms with Crippen LogP contribution in [-0.2, 0) is 38.4 Å². The molecule has 7 amide bonds. The maximum Gasteiger partial charge on any atom is 0.330 e. The van der Waals surface area contributed by atoms with E-state index in [4.69, 9.17) is 38.4 Å². The number of aliphatic hydroxyl groups excluding tert-OH is 2. The summed E-state index contributed by atoms with van der Waals surface area (Å²) in [6.45, 7) is 3.68. The highest BCUT2D eigenvalue weighted by Gasteiger charge is 2.41. The second-order valence-corrected chi connectivity index (χ2v) is 20.2. The molecule has 80 heavy (non-hydrogen) atoms. The van der Waals surface area contributed by atoms with Gasteiger partial charge in [0.2, 0.25) is 47.1 Å². The molecule has 11 bridgehead atoms. The van der Waals surface area contributed by atoms with Gasteiger partial charge < -0.3 is 88.2 Å². The number of carbonyl (C=O) groups is 8. The van der Waals surface area contributed by atoms with Crippen molar-refractivity contribution in [3.8, 4) is 57.1 Å². The number of phenolic OH excluding ortho intramolecular Hbond substituents is 4. The van der Waals surface area contributed by atoms with Crippen LogP contribution in [0, 0.1) is 5.92 Å². The van der Waals surface area contributed by atoms with Crippen LogP contribution in [0.4, 0.5) is 0 Å². The van der Waals surface area contributed by atoms with Crippen LogP contribution in [0.5, 0.6) is 46.0 Å². The van der Waals surface area contributed by atoms with Gasteiger partial charge in [0.1, 0.15) is 71.2 Å². The molecule has 27 heteroatoms. The molecule has 0 radical (unpaired) electrons. The summed E-state index contributed by atoms with van der Waals surface area (Å²) in [4.78, 5) is 114. The quantitative estimate of drug-likeness (QED) is 0.106. The number of rotatable bonds is 8. The molecule has 16 N–H and O–H groups in total. The summed E-state index contributed by atoms with van der Waals surface area (Å²) in [6, 6.07) is 0.577. The number of nitrogens with one attached hydrogen (secondary N) is 7. The number of amides is 7. The minimum atomic E-state index is -2.19. The number of ether oxygens (including phenoxy) is 2. The Morgan fingerprint density at radius 1 is 0.650 bits per heavy atom. The molecule has 0 aromatic heterocycles. The minimum absolute atomic E-state index is 0.0350. The topological polar surface area (TPSA) is 407 Å². The van der Waals surface area contributed by atoms with Gasteiger partial charge in [0, 0.05) is 22.8 Å². The van der Waals surface area contributed by atoms with Gasteiger partial charge in [-0.3, -0.25) is 33.6 Å². The van der Waals surface area contributed by atoms with Crippen LogP contribution in [0.15, 0.2) is 78.9 Å². The lowest BCUT2D eigenvalue weighted by atomic mass is 9.89. The van der Waals surface area contributed by atoms with Crippen molar-refractivity contribution >= 4 is 70.5 Å². The third-order valence-electron chi connectivity index (χ3n) is 13.3. The summed E-state index contributed by atoms with van der Waals surface area (Å²) in [5.41, 5.74) is 3.31. The molecule has 0 aliphatic carbocycles. The standard InChI is InChI=1S/C53H52Cl2N8O17/c1-19(2)10-29(57-3)47(71)62-42-44(68)21-5-8-33(27(54)12-21)79-35-14-23-15-36(46(35)70)80-34-9-6-22(13-28(34)55)45(69)43-52(76)61-41(53(77)78)26-16-24(64)17-32(66)38(26)25-11-20(4-7-31(25)65)39(49(73)63-43)60-50(74)40(23)59-48(72)30(18-37(56)67)58-51(42)75/h4-9,11-17,19,29-30,39-45,57,64-66,68-70H,10,18H2,1-3H3,(H2,56,67)(H,58,75)(H,59,72)(H,60,74)(H,61,76)(H,62,71)(H,63,73)(H,77,78)/t29-,30-,39?,40?,41+,42?,43?,44?,45?/m0/s1. The number of benzene rings is 5. The normalized spacial score (nSPS) is 22.4. The second kappa shape index (κ2) is 23.2. The first-order valence-corrected chi connectivity index (χ1v) is 25.2. The number of aliphatic hydroxyl groups is 2. The summed E-state index contributed by atoms with van der Waals surface area (Å²) in [7, 11) is 1.50. The van der Waals surface area contributed by atoms with Gasteiger partial charge in [0.15, 0.2) is 17.5 Å². The number of carbonyl (C=O) groups excluding carboxylic acids is 7. The fraction of sp³-hybridized carbons (Fsp3) is 0.283.